The minimum absolute atomic E-state index is 0.0722. The van der Waals surface area contributed by atoms with Crippen molar-refractivity contribution in [3.8, 4) is 10.6 Å². The molecule has 3 fully saturated rings. The molecule has 1 spiro atoms. The molecule has 4 aliphatic heterocycles. The molecule has 0 unspecified atom stereocenters. The average Bonchev–Trinajstić information content (AvgIpc) is 3.50. The molecule has 158 valence electrons. The number of ether oxygens (including phenoxy) is 2. The first kappa shape index (κ1) is 18.8. The van der Waals surface area contributed by atoms with Crippen molar-refractivity contribution in [2.75, 3.05) is 25.4 Å². The minimum atomic E-state index is -0.273. The van der Waals surface area contributed by atoms with Crippen molar-refractivity contribution >= 4 is 23.1 Å². The largest absolute Gasteiger partial charge is 0.384 e. The normalized spacial score (nSPS) is 29.3. The molecule has 2 N–H and O–H groups in total. The van der Waals surface area contributed by atoms with E-state index in [2.05, 4.69) is 16.0 Å². The number of nitrogens with zero attached hydrogens (tertiary/aromatic N) is 2. The molecule has 2 bridgehead atoms. The van der Waals surface area contributed by atoms with Crippen LogP contribution in [0.2, 0.25) is 0 Å². The number of pyridine rings is 1. The summed E-state index contributed by atoms with van der Waals surface area (Å²) in [6, 6.07) is 8.03. The summed E-state index contributed by atoms with van der Waals surface area (Å²) in [6.45, 7) is 2.26. The van der Waals surface area contributed by atoms with Gasteiger partial charge in [-0.3, -0.25) is 4.79 Å². The van der Waals surface area contributed by atoms with E-state index in [9.17, 15) is 4.79 Å². The zero-order valence-corrected chi connectivity index (χ0v) is 17.8. The number of fused-ring (bicyclic) bond motifs is 4. The molecule has 6 heterocycles. The van der Waals surface area contributed by atoms with Gasteiger partial charge in [-0.2, -0.15) is 0 Å². The second-order valence-corrected chi connectivity index (χ2v) is 10.2. The van der Waals surface area contributed by atoms with E-state index in [1.165, 1.54) is 10.4 Å². The number of hydrogen-bond donors (Lipinski definition) is 1. The van der Waals surface area contributed by atoms with Gasteiger partial charge in [-0.1, -0.05) is 6.07 Å². The lowest BCUT2D eigenvalue weighted by Gasteiger charge is -2.44. The van der Waals surface area contributed by atoms with Gasteiger partial charge in [0.1, 0.15) is 5.82 Å². The Morgan fingerprint density at radius 2 is 2.13 bits per heavy atom. The molecule has 30 heavy (non-hydrogen) atoms. The average molecular weight is 426 g/mol. The first-order valence-corrected chi connectivity index (χ1v) is 11.9. The quantitative estimate of drug-likeness (QED) is 0.798. The summed E-state index contributed by atoms with van der Waals surface area (Å²) in [4.78, 5) is 22.2. The smallest absolute Gasteiger partial charge is 0.228 e. The van der Waals surface area contributed by atoms with Gasteiger partial charge < -0.3 is 20.1 Å². The molecule has 0 aliphatic carbocycles. The Labute approximate surface area is 180 Å². The van der Waals surface area contributed by atoms with Gasteiger partial charge in [0.15, 0.2) is 0 Å². The van der Waals surface area contributed by atoms with Crippen molar-refractivity contribution in [1.29, 1.82) is 0 Å². The van der Waals surface area contributed by atoms with Crippen molar-refractivity contribution in [3.05, 3.63) is 34.7 Å². The van der Waals surface area contributed by atoms with Crippen LogP contribution in [0.5, 0.6) is 0 Å². The molecule has 4 aliphatic rings. The third-order valence-corrected chi connectivity index (χ3v) is 8.55. The standard InChI is InChI=1S/C23H27N3O3S/c24-21-3-1-2-17(25-21)20-13-16-19(30-20)6-11-28-23(16)7-9-26(10-8-23)22(27)15-12-14-4-5-18(15)29-14/h1-3,13-15,18H,4-12H2,(H2,24,25)/t14-,15+,18+/m0/s1. The van der Waals surface area contributed by atoms with Gasteiger partial charge in [0.05, 0.1) is 40.9 Å². The van der Waals surface area contributed by atoms with Crippen LogP contribution in [-0.4, -0.2) is 47.7 Å². The Morgan fingerprint density at radius 1 is 1.27 bits per heavy atom. The van der Waals surface area contributed by atoms with Crippen LogP contribution in [0.1, 0.15) is 42.5 Å². The highest BCUT2D eigenvalue weighted by Crippen LogP contribution is 2.47. The predicted molar refractivity (Wildman–Crippen MR) is 115 cm³/mol. The molecule has 1 amide bonds. The van der Waals surface area contributed by atoms with E-state index in [-0.39, 0.29) is 17.6 Å². The van der Waals surface area contributed by atoms with E-state index < -0.39 is 0 Å². The third-order valence-electron chi connectivity index (χ3n) is 7.34. The number of carbonyl (C=O) groups excluding carboxylic acids is 1. The molecule has 3 saturated heterocycles. The van der Waals surface area contributed by atoms with Crippen molar-refractivity contribution in [3.63, 3.8) is 0 Å². The van der Waals surface area contributed by atoms with Gasteiger partial charge in [0, 0.05) is 24.4 Å². The molecule has 6 rings (SSSR count). The Bertz CT molecular complexity index is 982. The molecule has 2 aromatic rings. The summed E-state index contributed by atoms with van der Waals surface area (Å²) in [5, 5.41) is 0. The molecular weight excluding hydrogens is 398 g/mol. The minimum Gasteiger partial charge on any atom is -0.384 e. The van der Waals surface area contributed by atoms with Crippen molar-refractivity contribution in [1.82, 2.24) is 9.88 Å². The number of thiophene rings is 1. The maximum atomic E-state index is 13.1. The van der Waals surface area contributed by atoms with Crippen LogP contribution in [0.4, 0.5) is 5.82 Å². The second kappa shape index (κ2) is 7.04. The fourth-order valence-electron chi connectivity index (χ4n) is 5.77. The molecule has 0 saturated carbocycles. The first-order chi connectivity index (χ1) is 14.6. The molecule has 0 radical (unpaired) electrons. The van der Waals surface area contributed by atoms with E-state index in [1.807, 2.05) is 18.2 Å². The second-order valence-electron chi connectivity index (χ2n) is 9.03. The summed E-state index contributed by atoms with van der Waals surface area (Å²) in [5.74, 6) is 0.910. The summed E-state index contributed by atoms with van der Waals surface area (Å²) < 4.78 is 12.3. The van der Waals surface area contributed by atoms with E-state index in [4.69, 9.17) is 15.2 Å². The number of likely N-dealkylation sites (tertiary alicyclic amines) is 1. The highest BCUT2D eigenvalue weighted by Gasteiger charge is 2.48. The van der Waals surface area contributed by atoms with E-state index in [0.717, 1.165) is 68.8 Å². The van der Waals surface area contributed by atoms with Crippen LogP contribution in [0, 0.1) is 5.92 Å². The summed E-state index contributed by atoms with van der Waals surface area (Å²) in [6.07, 6.45) is 6.19. The highest BCUT2D eigenvalue weighted by molar-refractivity contribution is 7.15. The van der Waals surface area contributed by atoms with Crippen LogP contribution in [-0.2, 0) is 26.3 Å². The van der Waals surface area contributed by atoms with E-state index >= 15 is 0 Å². The van der Waals surface area contributed by atoms with Crippen LogP contribution in [0.3, 0.4) is 0 Å². The number of amides is 1. The topological polar surface area (TPSA) is 77.7 Å². The fraction of sp³-hybridized carbons (Fsp3) is 0.565. The monoisotopic (exact) mass is 425 g/mol. The van der Waals surface area contributed by atoms with Gasteiger partial charge in [0.2, 0.25) is 5.91 Å². The summed E-state index contributed by atoms with van der Waals surface area (Å²) in [7, 11) is 0. The lowest BCUT2D eigenvalue weighted by molar-refractivity contribution is -0.146. The number of nitrogen functional groups attached to an aromatic ring is 1. The van der Waals surface area contributed by atoms with Gasteiger partial charge in [0.25, 0.3) is 0 Å². The molecule has 7 heteroatoms. The zero-order chi connectivity index (χ0) is 20.3. The molecular formula is C23H27N3O3S. The number of nitrogens with two attached hydrogens (primary N) is 1. The van der Waals surface area contributed by atoms with E-state index in [1.54, 1.807) is 11.3 Å². The maximum Gasteiger partial charge on any atom is 0.228 e. The van der Waals surface area contributed by atoms with Crippen molar-refractivity contribution in [2.45, 2.75) is 56.3 Å². The Balaban J connectivity index is 1.21. The Morgan fingerprint density at radius 3 is 2.87 bits per heavy atom. The first-order valence-electron chi connectivity index (χ1n) is 11.1. The van der Waals surface area contributed by atoms with Crippen LogP contribution in [0.25, 0.3) is 10.6 Å². The zero-order valence-electron chi connectivity index (χ0n) is 17.0. The maximum absolute atomic E-state index is 13.1. The summed E-state index contributed by atoms with van der Waals surface area (Å²) >= 11 is 1.81. The van der Waals surface area contributed by atoms with Crippen LogP contribution >= 0.6 is 11.3 Å². The van der Waals surface area contributed by atoms with Gasteiger partial charge in [-0.15, -0.1) is 11.3 Å². The van der Waals surface area contributed by atoms with Gasteiger partial charge >= 0.3 is 0 Å². The number of anilines is 1. The van der Waals surface area contributed by atoms with Gasteiger partial charge in [-0.05, 0) is 55.9 Å². The lowest BCUT2D eigenvalue weighted by Crippen LogP contribution is -2.50. The third kappa shape index (κ3) is 2.98. The Hall–Kier alpha value is -1.96. The summed E-state index contributed by atoms with van der Waals surface area (Å²) in [5.41, 5.74) is 7.85. The van der Waals surface area contributed by atoms with Crippen LogP contribution in [0.15, 0.2) is 24.3 Å². The van der Waals surface area contributed by atoms with E-state index in [0.29, 0.717) is 17.8 Å². The number of carbonyl (C=O) groups is 1. The molecule has 0 aromatic carbocycles. The number of rotatable bonds is 2. The number of hydrogen-bond acceptors (Lipinski definition) is 6. The Kier molecular flexibility index (Phi) is 4.41. The predicted octanol–water partition coefficient (Wildman–Crippen LogP) is 3.35. The number of piperidine rings is 1. The number of aromatic nitrogens is 1. The van der Waals surface area contributed by atoms with Crippen molar-refractivity contribution in [2.24, 2.45) is 5.92 Å². The van der Waals surface area contributed by atoms with Gasteiger partial charge in [-0.25, -0.2) is 4.98 Å². The fourth-order valence-corrected chi connectivity index (χ4v) is 6.97. The SMILES string of the molecule is Nc1cccc(-c2cc3c(s2)CCOC32CCN(C(=O)[C@@H]3C[C@@H]4CC[C@H]3O4)CC2)n1. The van der Waals surface area contributed by atoms with Crippen LogP contribution < -0.4 is 5.73 Å². The lowest BCUT2D eigenvalue weighted by atomic mass is 9.81. The highest BCUT2D eigenvalue weighted by atomic mass is 32.1. The van der Waals surface area contributed by atoms with Crippen molar-refractivity contribution < 1.29 is 14.3 Å². The molecule has 6 nitrogen and oxygen atoms in total. The molecule has 2 aromatic heterocycles. The molecule has 3 atom stereocenters.